The number of esters is 1. The summed E-state index contributed by atoms with van der Waals surface area (Å²) in [5.74, 6) is -0.342. The van der Waals surface area contributed by atoms with E-state index in [0.717, 1.165) is 31.6 Å². The zero-order valence-corrected chi connectivity index (χ0v) is 18.6. The second kappa shape index (κ2) is 11.2. The van der Waals surface area contributed by atoms with Crippen molar-refractivity contribution in [3.63, 3.8) is 0 Å². The maximum Gasteiger partial charge on any atom is 0.338 e. The number of likely N-dealkylation sites (tertiary alicyclic amines) is 1. The largest absolute Gasteiger partial charge is 0.461 e. The molecule has 29 heavy (non-hydrogen) atoms. The number of rotatable bonds is 7. The highest BCUT2D eigenvalue weighted by atomic mass is 35.5. The van der Waals surface area contributed by atoms with E-state index < -0.39 is 0 Å². The van der Waals surface area contributed by atoms with Crippen LogP contribution in [0.3, 0.4) is 0 Å². The minimum absolute atomic E-state index is 0.0132. The van der Waals surface area contributed by atoms with E-state index in [-0.39, 0.29) is 18.5 Å². The van der Waals surface area contributed by atoms with Gasteiger partial charge < -0.3 is 9.64 Å². The normalized spacial score (nSPS) is 16.2. The first kappa shape index (κ1) is 22.4. The summed E-state index contributed by atoms with van der Waals surface area (Å²) in [4.78, 5) is 15.0. The number of benzene rings is 2. The van der Waals surface area contributed by atoms with Gasteiger partial charge in [-0.2, -0.15) is 0 Å². The summed E-state index contributed by atoms with van der Waals surface area (Å²) in [6.07, 6.45) is 5.98. The molecule has 0 N–H and O–H groups in total. The van der Waals surface area contributed by atoms with Crippen molar-refractivity contribution in [1.82, 2.24) is 4.90 Å². The lowest BCUT2D eigenvalue weighted by molar-refractivity contribution is 0.0470. The molecule has 0 aromatic heterocycles. The minimum atomic E-state index is -0.355. The number of carbonyl (C=O) groups is 1. The second-order valence-electron chi connectivity index (χ2n) is 7.51. The van der Waals surface area contributed by atoms with Gasteiger partial charge in [0.05, 0.1) is 12.2 Å². The van der Waals surface area contributed by atoms with Crippen LogP contribution in [0.2, 0.25) is 15.1 Å². The molecule has 156 valence electrons. The Hall–Kier alpha value is -1.26. The molecule has 0 spiro atoms. The smallest absolute Gasteiger partial charge is 0.338 e. The lowest BCUT2D eigenvalue weighted by atomic mass is 9.96. The first-order valence-corrected chi connectivity index (χ1v) is 11.3. The van der Waals surface area contributed by atoms with Crippen LogP contribution < -0.4 is 0 Å². The molecule has 0 bridgehead atoms. The average molecular weight is 455 g/mol. The molecule has 1 atom stereocenters. The van der Waals surface area contributed by atoms with Gasteiger partial charge >= 0.3 is 5.97 Å². The van der Waals surface area contributed by atoms with Gasteiger partial charge in [0, 0.05) is 21.0 Å². The number of carbonyl (C=O) groups excluding carboxylic acids is 1. The molecule has 1 heterocycles. The van der Waals surface area contributed by atoms with Crippen LogP contribution in [0, 0.1) is 0 Å². The molecule has 3 nitrogen and oxygen atoms in total. The molecule has 1 aliphatic heterocycles. The molecule has 0 radical (unpaired) electrons. The fourth-order valence-corrected chi connectivity index (χ4v) is 4.39. The molecule has 6 heteroatoms. The predicted octanol–water partition coefficient (Wildman–Crippen LogP) is 6.85. The quantitative estimate of drug-likeness (QED) is 0.428. The lowest BCUT2D eigenvalue weighted by Gasteiger charge is -2.24. The number of hydrogen-bond donors (Lipinski definition) is 0. The van der Waals surface area contributed by atoms with E-state index in [2.05, 4.69) is 4.90 Å². The first-order valence-electron chi connectivity index (χ1n) is 10.1. The van der Waals surface area contributed by atoms with E-state index in [4.69, 9.17) is 39.5 Å². The molecule has 2 aromatic rings. The highest BCUT2D eigenvalue weighted by Crippen LogP contribution is 2.30. The molecular weight excluding hydrogens is 429 g/mol. The van der Waals surface area contributed by atoms with Crippen molar-refractivity contribution in [3.8, 4) is 0 Å². The minimum Gasteiger partial charge on any atom is -0.461 e. The van der Waals surface area contributed by atoms with Crippen molar-refractivity contribution < 1.29 is 9.53 Å². The van der Waals surface area contributed by atoms with Gasteiger partial charge in [-0.1, -0.05) is 53.7 Å². The van der Waals surface area contributed by atoms with Gasteiger partial charge in [-0.15, -0.1) is 0 Å². The van der Waals surface area contributed by atoms with Crippen molar-refractivity contribution in [2.24, 2.45) is 0 Å². The molecule has 1 aliphatic rings. The zero-order chi connectivity index (χ0) is 20.6. The van der Waals surface area contributed by atoms with Crippen LogP contribution in [0.5, 0.6) is 0 Å². The maximum absolute atomic E-state index is 12.5. The third-order valence-corrected chi connectivity index (χ3v) is 6.20. The molecule has 3 rings (SSSR count). The molecule has 0 saturated carbocycles. The third kappa shape index (κ3) is 6.89. The second-order valence-corrected chi connectivity index (χ2v) is 8.79. The molecule has 0 aliphatic carbocycles. The van der Waals surface area contributed by atoms with Crippen LogP contribution in [0.15, 0.2) is 42.5 Å². The van der Waals surface area contributed by atoms with E-state index in [9.17, 15) is 4.79 Å². The van der Waals surface area contributed by atoms with Crippen LogP contribution in [0.1, 0.15) is 53.9 Å². The summed E-state index contributed by atoms with van der Waals surface area (Å²) in [5.41, 5.74) is 1.46. The van der Waals surface area contributed by atoms with Gasteiger partial charge in [-0.3, -0.25) is 0 Å². The highest BCUT2D eigenvalue weighted by molar-refractivity contribution is 6.35. The Kier molecular flexibility index (Phi) is 8.68. The summed E-state index contributed by atoms with van der Waals surface area (Å²) >= 11 is 18.4. The highest BCUT2D eigenvalue weighted by Gasteiger charge is 2.20. The van der Waals surface area contributed by atoms with Crippen molar-refractivity contribution in [3.05, 3.63) is 68.7 Å². The molecule has 1 fully saturated rings. The molecule has 0 amide bonds. The number of nitrogens with zero attached hydrogens (tertiary/aromatic N) is 1. The fourth-order valence-electron chi connectivity index (χ4n) is 3.70. The third-order valence-electron chi connectivity index (χ3n) is 5.39. The molecular formula is C23H26Cl3NO2. The Morgan fingerprint density at radius 3 is 2.24 bits per heavy atom. The lowest BCUT2D eigenvalue weighted by Crippen LogP contribution is -2.28. The number of halogens is 3. The standard InChI is InChI=1S/C23H26Cl3NO2/c24-19-7-5-17(6-8-19)23(28)29-16-18(21-10-9-20(25)15-22(21)26)11-14-27-12-3-1-2-4-13-27/h5-10,15,18H,1-4,11-14,16H2. The topological polar surface area (TPSA) is 29.5 Å². The van der Waals surface area contributed by atoms with Gasteiger partial charge in [-0.25, -0.2) is 4.79 Å². The molecule has 1 unspecified atom stereocenters. The fraction of sp³-hybridized carbons (Fsp3) is 0.435. The Balaban J connectivity index is 1.67. The van der Waals surface area contributed by atoms with E-state index in [1.165, 1.54) is 25.7 Å². The average Bonchev–Trinajstić information content (AvgIpc) is 2.98. The van der Waals surface area contributed by atoms with Gasteiger partial charge in [0.15, 0.2) is 0 Å². The van der Waals surface area contributed by atoms with Crippen LogP contribution in [-0.4, -0.2) is 37.1 Å². The van der Waals surface area contributed by atoms with E-state index >= 15 is 0 Å². The van der Waals surface area contributed by atoms with Crippen molar-refractivity contribution in [2.75, 3.05) is 26.2 Å². The zero-order valence-electron chi connectivity index (χ0n) is 16.4. The van der Waals surface area contributed by atoms with Crippen LogP contribution in [-0.2, 0) is 4.74 Å². The Labute approximate surface area is 187 Å². The van der Waals surface area contributed by atoms with Gasteiger partial charge in [0.1, 0.15) is 0 Å². The summed E-state index contributed by atoms with van der Waals surface area (Å²) < 4.78 is 5.64. The van der Waals surface area contributed by atoms with Crippen LogP contribution in [0.4, 0.5) is 0 Å². The van der Waals surface area contributed by atoms with Crippen LogP contribution >= 0.6 is 34.8 Å². The summed E-state index contributed by atoms with van der Waals surface area (Å²) in [6, 6.07) is 12.2. The Bertz CT molecular complexity index is 802. The number of hydrogen-bond acceptors (Lipinski definition) is 3. The van der Waals surface area contributed by atoms with E-state index in [0.29, 0.717) is 20.6 Å². The Morgan fingerprint density at radius 1 is 0.931 bits per heavy atom. The van der Waals surface area contributed by atoms with Crippen molar-refractivity contribution >= 4 is 40.8 Å². The van der Waals surface area contributed by atoms with Gasteiger partial charge in [-0.05, 0) is 80.9 Å². The summed E-state index contributed by atoms with van der Waals surface area (Å²) in [6.45, 7) is 3.50. The maximum atomic E-state index is 12.5. The number of ether oxygens (including phenoxy) is 1. The molecule has 2 aromatic carbocycles. The van der Waals surface area contributed by atoms with Crippen molar-refractivity contribution in [1.29, 1.82) is 0 Å². The van der Waals surface area contributed by atoms with Gasteiger partial charge in [0.2, 0.25) is 0 Å². The van der Waals surface area contributed by atoms with E-state index in [1.807, 2.05) is 12.1 Å². The summed E-state index contributed by atoms with van der Waals surface area (Å²) in [7, 11) is 0. The molecule has 1 saturated heterocycles. The van der Waals surface area contributed by atoms with Crippen LogP contribution in [0.25, 0.3) is 0 Å². The predicted molar refractivity (Wildman–Crippen MR) is 120 cm³/mol. The van der Waals surface area contributed by atoms with E-state index in [1.54, 1.807) is 30.3 Å². The Morgan fingerprint density at radius 2 is 1.59 bits per heavy atom. The van der Waals surface area contributed by atoms with Crippen molar-refractivity contribution in [2.45, 2.75) is 38.0 Å². The SMILES string of the molecule is O=C(OCC(CCN1CCCCCC1)c1ccc(Cl)cc1Cl)c1ccc(Cl)cc1. The van der Waals surface area contributed by atoms with Gasteiger partial charge in [0.25, 0.3) is 0 Å². The summed E-state index contributed by atoms with van der Waals surface area (Å²) in [5, 5.41) is 1.80. The monoisotopic (exact) mass is 453 g/mol. The first-order chi connectivity index (χ1) is 14.0.